The highest BCUT2D eigenvalue weighted by Gasteiger charge is 2.19. The Hall–Kier alpha value is -1.39. The van der Waals surface area contributed by atoms with Crippen LogP contribution < -0.4 is 9.80 Å². The van der Waals surface area contributed by atoms with E-state index in [9.17, 15) is 0 Å². The summed E-state index contributed by atoms with van der Waals surface area (Å²) in [4.78, 5) is 8.79. The normalized spacial score (nSPS) is 17.1. The van der Waals surface area contributed by atoms with E-state index in [1.165, 1.54) is 23.8 Å². The number of quaternary nitrogens is 1. The summed E-state index contributed by atoms with van der Waals surface area (Å²) in [6.45, 7) is 4.65. The van der Waals surface area contributed by atoms with Gasteiger partial charge in [-0.05, 0) is 0 Å². The molecule has 0 spiro atoms. The minimum atomic E-state index is 1.10. The van der Waals surface area contributed by atoms with E-state index in [0.29, 0.717) is 0 Å². The fraction of sp³-hybridized carbons (Fsp3) is 0.357. The van der Waals surface area contributed by atoms with E-state index in [0.717, 1.165) is 18.8 Å². The van der Waals surface area contributed by atoms with Crippen molar-refractivity contribution in [2.75, 3.05) is 38.1 Å². The smallest absolute Gasteiger partial charge is 0.186 e. The summed E-state index contributed by atoms with van der Waals surface area (Å²) in [5.41, 5.74) is 2.31. The number of rotatable bonds is 2. The zero-order valence-corrected chi connectivity index (χ0v) is 11.4. The van der Waals surface area contributed by atoms with E-state index in [4.69, 9.17) is 4.98 Å². The first-order valence-corrected chi connectivity index (χ1v) is 7.28. The van der Waals surface area contributed by atoms with Gasteiger partial charge in [-0.3, -0.25) is 0 Å². The van der Waals surface area contributed by atoms with Crippen LogP contribution in [0.4, 0.5) is 5.13 Å². The maximum atomic E-state index is 4.76. The van der Waals surface area contributed by atoms with E-state index >= 15 is 0 Å². The summed E-state index contributed by atoms with van der Waals surface area (Å²) in [7, 11) is 2.26. The van der Waals surface area contributed by atoms with Gasteiger partial charge in [0.1, 0.15) is 0 Å². The maximum Gasteiger partial charge on any atom is 0.186 e. The molecule has 0 radical (unpaired) electrons. The number of thiazole rings is 1. The Morgan fingerprint density at radius 3 is 2.61 bits per heavy atom. The first-order valence-electron chi connectivity index (χ1n) is 6.40. The van der Waals surface area contributed by atoms with Gasteiger partial charge in [0.15, 0.2) is 5.13 Å². The summed E-state index contributed by atoms with van der Waals surface area (Å²) in [5, 5.41) is 3.33. The number of nitrogens with one attached hydrogen (secondary N) is 1. The lowest BCUT2D eigenvalue weighted by Crippen LogP contribution is -3.12. The topological polar surface area (TPSA) is 20.6 Å². The van der Waals surface area contributed by atoms with Gasteiger partial charge in [-0.2, -0.15) is 0 Å². The Morgan fingerprint density at radius 2 is 1.89 bits per heavy atom. The number of nitrogens with zero attached hydrogens (tertiary/aromatic N) is 2. The first kappa shape index (κ1) is 11.7. The molecule has 1 saturated heterocycles. The first-order chi connectivity index (χ1) is 8.83. The van der Waals surface area contributed by atoms with Crippen molar-refractivity contribution >= 4 is 16.5 Å². The second-order valence-corrected chi connectivity index (χ2v) is 5.66. The lowest BCUT2D eigenvalue weighted by molar-refractivity contribution is -0.880. The van der Waals surface area contributed by atoms with Gasteiger partial charge in [-0.15, -0.1) is 11.3 Å². The number of benzene rings is 1. The zero-order valence-electron chi connectivity index (χ0n) is 10.6. The number of aromatic nitrogens is 1. The van der Waals surface area contributed by atoms with Crippen LogP contribution in [0.1, 0.15) is 0 Å². The fourth-order valence-electron chi connectivity index (χ4n) is 2.23. The highest BCUT2D eigenvalue weighted by atomic mass is 32.1. The van der Waals surface area contributed by atoms with E-state index in [2.05, 4.69) is 41.6 Å². The minimum absolute atomic E-state index is 1.10. The molecule has 1 aromatic carbocycles. The summed E-state index contributed by atoms with van der Waals surface area (Å²) in [6.07, 6.45) is 0. The molecule has 1 fully saturated rings. The van der Waals surface area contributed by atoms with Crippen molar-refractivity contribution in [2.45, 2.75) is 0 Å². The number of anilines is 1. The van der Waals surface area contributed by atoms with Gasteiger partial charge >= 0.3 is 0 Å². The van der Waals surface area contributed by atoms with Crippen LogP contribution in [0.15, 0.2) is 35.7 Å². The Morgan fingerprint density at radius 1 is 1.17 bits per heavy atom. The van der Waals surface area contributed by atoms with Gasteiger partial charge in [0.2, 0.25) is 0 Å². The van der Waals surface area contributed by atoms with Crippen LogP contribution in [0, 0.1) is 0 Å². The van der Waals surface area contributed by atoms with E-state index in [1.807, 2.05) is 6.07 Å². The third kappa shape index (κ3) is 2.40. The molecule has 4 heteroatoms. The molecule has 3 rings (SSSR count). The van der Waals surface area contributed by atoms with Crippen molar-refractivity contribution in [3.05, 3.63) is 35.7 Å². The second-order valence-electron chi connectivity index (χ2n) is 4.83. The van der Waals surface area contributed by atoms with Crippen molar-refractivity contribution in [3.63, 3.8) is 0 Å². The van der Waals surface area contributed by atoms with Crippen molar-refractivity contribution in [2.24, 2.45) is 0 Å². The van der Waals surface area contributed by atoms with Gasteiger partial charge in [0.05, 0.1) is 38.9 Å². The Labute approximate surface area is 112 Å². The van der Waals surface area contributed by atoms with Gasteiger partial charge in [0.25, 0.3) is 0 Å². The average molecular weight is 260 g/mol. The Kier molecular flexibility index (Phi) is 3.30. The van der Waals surface area contributed by atoms with Crippen molar-refractivity contribution < 1.29 is 4.90 Å². The molecular formula is C14H18N3S+. The SMILES string of the molecule is C[NH+]1CCN(c2nc(-c3ccccc3)cs2)CC1. The molecule has 0 unspecified atom stereocenters. The Balaban J connectivity index is 1.78. The molecule has 1 aliphatic heterocycles. The van der Waals surface area contributed by atoms with Crippen LogP contribution in [0.3, 0.4) is 0 Å². The van der Waals surface area contributed by atoms with E-state index in [1.54, 1.807) is 16.2 Å². The summed E-state index contributed by atoms with van der Waals surface area (Å²) in [5.74, 6) is 0. The summed E-state index contributed by atoms with van der Waals surface area (Å²) in [6, 6.07) is 10.4. The summed E-state index contributed by atoms with van der Waals surface area (Å²) < 4.78 is 0. The zero-order chi connectivity index (χ0) is 12.4. The van der Waals surface area contributed by atoms with Crippen LogP contribution in [0.5, 0.6) is 0 Å². The molecule has 0 amide bonds. The third-order valence-electron chi connectivity index (χ3n) is 3.45. The quantitative estimate of drug-likeness (QED) is 0.874. The monoisotopic (exact) mass is 260 g/mol. The van der Waals surface area contributed by atoms with E-state index < -0.39 is 0 Å². The fourth-order valence-corrected chi connectivity index (χ4v) is 3.12. The van der Waals surface area contributed by atoms with Crippen LogP contribution >= 0.6 is 11.3 Å². The maximum absolute atomic E-state index is 4.76. The molecule has 94 valence electrons. The molecule has 1 aromatic heterocycles. The molecule has 0 bridgehead atoms. The molecule has 0 saturated carbocycles. The van der Waals surface area contributed by atoms with Crippen molar-refractivity contribution in [1.82, 2.24) is 4.98 Å². The molecule has 18 heavy (non-hydrogen) atoms. The highest BCUT2D eigenvalue weighted by Crippen LogP contribution is 2.27. The predicted molar refractivity (Wildman–Crippen MR) is 76.4 cm³/mol. The molecule has 3 nitrogen and oxygen atoms in total. The molecular weight excluding hydrogens is 242 g/mol. The molecule has 1 aliphatic rings. The number of hydrogen-bond donors (Lipinski definition) is 1. The van der Waals surface area contributed by atoms with Crippen molar-refractivity contribution in [1.29, 1.82) is 0 Å². The molecule has 1 N–H and O–H groups in total. The number of likely N-dealkylation sites (N-methyl/N-ethyl adjacent to an activating group) is 1. The van der Waals surface area contributed by atoms with Gasteiger partial charge in [0, 0.05) is 10.9 Å². The van der Waals surface area contributed by atoms with Crippen LogP contribution in [-0.2, 0) is 0 Å². The van der Waals surface area contributed by atoms with Crippen molar-refractivity contribution in [3.8, 4) is 11.3 Å². The van der Waals surface area contributed by atoms with Crippen LogP contribution in [-0.4, -0.2) is 38.2 Å². The van der Waals surface area contributed by atoms with Gasteiger partial charge in [-0.1, -0.05) is 30.3 Å². The van der Waals surface area contributed by atoms with Crippen LogP contribution in [0.2, 0.25) is 0 Å². The standard InChI is InChI=1S/C14H17N3S/c1-16-7-9-17(10-8-16)14-15-13(11-18-14)12-5-3-2-4-6-12/h2-6,11H,7-10H2,1H3/p+1. The van der Waals surface area contributed by atoms with Gasteiger partial charge < -0.3 is 9.80 Å². The Bertz CT molecular complexity index is 501. The lowest BCUT2D eigenvalue weighted by Gasteiger charge is -2.29. The molecule has 0 aliphatic carbocycles. The molecule has 0 atom stereocenters. The highest BCUT2D eigenvalue weighted by molar-refractivity contribution is 7.14. The molecule has 2 heterocycles. The third-order valence-corrected chi connectivity index (χ3v) is 4.35. The molecule has 2 aromatic rings. The number of hydrogen-bond acceptors (Lipinski definition) is 3. The average Bonchev–Trinajstić information content (AvgIpc) is 2.90. The van der Waals surface area contributed by atoms with Crippen LogP contribution in [0.25, 0.3) is 11.3 Å². The van der Waals surface area contributed by atoms with Gasteiger partial charge in [-0.25, -0.2) is 4.98 Å². The number of piperazine rings is 1. The predicted octanol–water partition coefficient (Wildman–Crippen LogP) is 1.14. The lowest BCUT2D eigenvalue weighted by atomic mass is 10.2. The summed E-state index contributed by atoms with van der Waals surface area (Å²) >= 11 is 1.76. The largest absolute Gasteiger partial charge is 0.337 e. The second kappa shape index (κ2) is 5.08. The minimum Gasteiger partial charge on any atom is -0.337 e. The van der Waals surface area contributed by atoms with E-state index in [-0.39, 0.29) is 0 Å².